The van der Waals surface area contributed by atoms with Gasteiger partial charge in [-0.2, -0.15) is 5.10 Å². The lowest BCUT2D eigenvalue weighted by Crippen LogP contribution is -2.32. The minimum Gasteiger partial charge on any atom is -0.495 e. The Morgan fingerprint density at radius 3 is 2.36 bits per heavy atom. The molecule has 3 aromatic carbocycles. The van der Waals surface area contributed by atoms with Gasteiger partial charge in [0.2, 0.25) is 0 Å². The molecule has 3 rings (SSSR count). The molecule has 0 aromatic heterocycles. The maximum Gasteiger partial charge on any atom is 0.329 e. The first kappa shape index (κ1) is 23.3. The highest BCUT2D eigenvalue weighted by molar-refractivity contribution is 6.39. The monoisotopic (exact) mass is 451 g/mol. The van der Waals surface area contributed by atoms with E-state index in [2.05, 4.69) is 15.8 Å². The van der Waals surface area contributed by atoms with Crippen LogP contribution < -0.4 is 25.0 Å². The summed E-state index contributed by atoms with van der Waals surface area (Å²) in [5, 5.41) is 6.26. The minimum atomic E-state index is -0.941. The third-order valence-corrected chi connectivity index (χ3v) is 4.44. The fourth-order valence-electron chi connectivity index (χ4n) is 2.77. The van der Waals surface area contributed by atoms with E-state index in [0.717, 1.165) is 5.56 Å². The SMILES string of the molecule is COc1ccccc1NC(=O)C(=O)N/N=C\c1ccc(OCc2ccc(F)cc2)c(OC)c1. The van der Waals surface area contributed by atoms with Crippen LogP contribution in [0.1, 0.15) is 11.1 Å². The number of nitrogens with zero attached hydrogens (tertiary/aromatic N) is 1. The minimum absolute atomic E-state index is 0.238. The number of nitrogens with one attached hydrogen (secondary N) is 2. The molecule has 0 radical (unpaired) electrons. The molecule has 0 spiro atoms. The van der Waals surface area contributed by atoms with Crippen LogP contribution in [-0.4, -0.2) is 32.2 Å². The zero-order valence-corrected chi connectivity index (χ0v) is 18.0. The van der Waals surface area contributed by atoms with Crippen LogP contribution in [0.15, 0.2) is 71.8 Å². The number of halogens is 1. The predicted molar refractivity (Wildman–Crippen MR) is 121 cm³/mol. The van der Waals surface area contributed by atoms with E-state index in [1.807, 2.05) is 0 Å². The maximum absolute atomic E-state index is 13.0. The summed E-state index contributed by atoms with van der Waals surface area (Å²) in [5.74, 6) is -0.789. The molecule has 2 N–H and O–H groups in total. The zero-order valence-electron chi connectivity index (χ0n) is 18.0. The molecule has 3 aromatic rings. The number of methoxy groups -OCH3 is 2. The van der Waals surface area contributed by atoms with Gasteiger partial charge in [0.15, 0.2) is 11.5 Å². The summed E-state index contributed by atoms with van der Waals surface area (Å²) in [6.07, 6.45) is 1.36. The third-order valence-electron chi connectivity index (χ3n) is 4.44. The lowest BCUT2D eigenvalue weighted by molar-refractivity contribution is -0.136. The van der Waals surface area contributed by atoms with Crippen molar-refractivity contribution in [2.24, 2.45) is 5.10 Å². The number of rotatable bonds is 8. The largest absolute Gasteiger partial charge is 0.495 e. The Balaban J connectivity index is 1.57. The van der Waals surface area contributed by atoms with Crippen LogP contribution >= 0.6 is 0 Å². The molecule has 9 heteroatoms. The molecular formula is C24H22FN3O5. The van der Waals surface area contributed by atoms with Crippen molar-refractivity contribution in [3.8, 4) is 17.2 Å². The number of hydrogen-bond acceptors (Lipinski definition) is 6. The second-order valence-electron chi connectivity index (χ2n) is 6.68. The van der Waals surface area contributed by atoms with Gasteiger partial charge in [-0.15, -0.1) is 0 Å². The van der Waals surface area contributed by atoms with E-state index >= 15 is 0 Å². The molecule has 0 saturated carbocycles. The molecule has 0 aliphatic carbocycles. The Morgan fingerprint density at radius 1 is 0.909 bits per heavy atom. The summed E-state index contributed by atoms with van der Waals surface area (Å²) < 4.78 is 29.2. The standard InChI is InChI=1S/C24H22FN3O5/c1-31-20-6-4-3-5-19(20)27-23(29)24(30)28-26-14-17-9-12-21(22(13-17)32-2)33-15-16-7-10-18(25)11-8-16/h3-14H,15H2,1-2H3,(H,27,29)(H,28,30)/b26-14-. The van der Waals surface area contributed by atoms with Crippen LogP contribution in [0.4, 0.5) is 10.1 Å². The van der Waals surface area contributed by atoms with E-state index in [1.54, 1.807) is 54.6 Å². The van der Waals surface area contributed by atoms with Crippen LogP contribution in [0.25, 0.3) is 0 Å². The summed E-state index contributed by atoms with van der Waals surface area (Å²) in [6.45, 7) is 0.238. The normalized spacial score (nSPS) is 10.5. The Kier molecular flexibility index (Phi) is 7.96. The van der Waals surface area contributed by atoms with Gasteiger partial charge in [0.25, 0.3) is 0 Å². The molecule has 0 bridgehead atoms. The molecule has 8 nitrogen and oxygen atoms in total. The molecule has 0 atom stereocenters. The van der Waals surface area contributed by atoms with Crippen molar-refractivity contribution in [1.82, 2.24) is 5.43 Å². The first-order valence-corrected chi connectivity index (χ1v) is 9.83. The predicted octanol–water partition coefficient (Wildman–Crippen LogP) is 3.51. The Hall–Kier alpha value is -4.40. The number of para-hydroxylation sites is 2. The number of carbonyl (C=O) groups is 2. The molecule has 2 amide bonds. The number of anilines is 1. The van der Waals surface area contributed by atoms with E-state index in [-0.39, 0.29) is 12.4 Å². The first-order valence-electron chi connectivity index (χ1n) is 9.83. The fourth-order valence-corrected chi connectivity index (χ4v) is 2.77. The Labute approximate surface area is 190 Å². The van der Waals surface area contributed by atoms with Gasteiger partial charge in [-0.1, -0.05) is 24.3 Å². The summed E-state index contributed by atoms with van der Waals surface area (Å²) >= 11 is 0. The van der Waals surface area contributed by atoms with Crippen LogP contribution in [-0.2, 0) is 16.2 Å². The van der Waals surface area contributed by atoms with E-state index < -0.39 is 11.8 Å². The maximum atomic E-state index is 13.0. The molecule has 0 aliphatic heterocycles. The van der Waals surface area contributed by atoms with Crippen molar-refractivity contribution in [3.63, 3.8) is 0 Å². The molecule has 0 saturated heterocycles. The van der Waals surface area contributed by atoms with Crippen LogP contribution in [0.3, 0.4) is 0 Å². The second-order valence-corrected chi connectivity index (χ2v) is 6.68. The van der Waals surface area contributed by atoms with Crippen LogP contribution in [0.2, 0.25) is 0 Å². The topological polar surface area (TPSA) is 98.2 Å². The van der Waals surface area contributed by atoms with Crippen molar-refractivity contribution in [2.45, 2.75) is 6.61 Å². The number of benzene rings is 3. The molecule has 0 aliphatic rings. The number of amides is 2. The highest BCUT2D eigenvalue weighted by atomic mass is 19.1. The average Bonchev–Trinajstić information content (AvgIpc) is 2.84. The van der Waals surface area contributed by atoms with Gasteiger partial charge in [-0.25, -0.2) is 9.82 Å². The van der Waals surface area contributed by atoms with Gasteiger partial charge < -0.3 is 19.5 Å². The molecule has 33 heavy (non-hydrogen) atoms. The summed E-state index contributed by atoms with van der Waals surface area (Å²) in [5.41, 5.74) is 3.94. The fraction of sp³-hybridized carbons (Fsp3) is 0.125. The van der Waals surface area contributed by atoms with Crippen molar-refractivity contribution >= 4 is 23.7 Å². The number of ether oxygens (including phenoxy) is 3. The Morgan fingerprint density at radius 2 is 1.64 bits per heavy atom. The second kappa shape index (κ2) is 11.3. The molecule has 0 fully saturated rings. The van der Waals surface area contributed by atoms with Crippen LogP contribution in [0.5, 0.6) is 17.2 Å². The van der Waals surface area contributed by atoms with Crippen molar-refractivity contribution < 1.29 is 28.2 Å². The third kappa shape index (κ3) is 6.54. The quantitative estimate of drug-likeness (QED) is 0.310. The molecule has 170 valence electrons. The van der Waals surface area contributed by atoms with E-state index in [9.17, 15) is 14.0 Å². The highest BCUT2D eigenvalue weighted by Crippen LogP contribution is 2.28. The van der Waals surface area contributed by atoms with Crippen molar-refractivity contribution in [1.29, 1.82) is 0 Å². The lowest BCUT2D eigenvalue weighted by atomic mass is 10.2. The van der Waals surface area contributed by atoms with Gasteiger partial charge in [0.05, 0.1) is 26.1 Å². The number of carbonyl (C=O) groups excluding carboxylic acids is 2. The van der Waals surface area contributed by atoms with E-state index in [1.165, 1.54) is 32.6 Å². The highest BCUT2D eigenvalue weighted by Gasteiger charge is 2.15. The van der Waals surface area contributed by atoms with E-state index in [4.69, 9.17) is 14.2 Å². The first-order chi connectivity index (χ1) is 16.0. The van der Waals surface area contributed by atoms with E-state index in [0.29, 0.717) is 28.5 Å². The lowest BCUT2D eigenvalue weighted by Gasteiger charge is -2.11. The van der Waals surface area contributed by atoms with Gasteiger partial charge in [-0.3, -0.25) is 9.59 Å². The van der Waals surface area contributed by atoms with Gasteiger partial charge in [-0.05, 0) is 53.6 Å². The zero-order chi connectivity index (χ0) is 23.6. The number of hydrazone groups is 1. The van der Waals surface area contributed by atoms with Crippen LogP contribution in [0, 0.1) is 5.82 Å². The Bertz CT molecular complexity index is 1150. The van der Waals surface area contributed by atoms with Gasteiger partial charge >= 0.3 is 11.8 Å². The average molecular weight is 451 g/mol. The summed E-state index contributed by atoms with van der Waals surface area (Å²) in [6, 6.07) is 17.7. The molecule has 0 unspecified atom stereocenters. The van der Waals surface area contributed by atoms with Gasteiger partial charge in [0, 0.05) is 0 Å². The number of hydrogen-bond donors (Lipinski definition) is 2. The van der Waals surface area contributed by atoms with Crippen molar-refractivity contribution in [2.75, 3.05) is 19.5 Å². The molecule has 0 heterocycles. The summed E-state index contributed by atoms with van der Waals surface area (Å²) in [7, 11) is 2.95. The smallest absolute Gasteiger partial charge is 0.329 e. The van der Waals surface area contributed by atoms with Crippen molar-refractivity contribution in [3.05, 3.63) is 83.7 Å². The summed E-state index contributed by atoms with van der Waals surface area (Å²) in [4.78, 5) is 24.1. The van der Waals surface area contributed by atoms with Gasteiger partial charge in [0.1, 0.15) is 18.2 Å². The molecular weight excluding hydrogens is 429 g/mol.